The van der Waals surface area contributed by atoms with Crippen LogP contribution in [0.1, 0.15) is 18.2 Å². The Labute approximate surface area is 121 Å². The summed E-state index contributed by atoms with van der Waals surface area (Å²) in [5.74, 6) is -0.333. The van der Waals surface area contributed by atoms with Crippen LogP contribution in [-0.4, -0.2) is 22.3 Å². The molecule has 20 heavy (non-hydrogen) atoms. The first-order valence-electron chi connectivity index (χ1n) is 6.30. The number of carbonyl (C=O) groups is 1. The van der Waals surface area contributed by atoms with Crippen LogP contribution < -0.4 is 5.73 Å². The molecule has 0 saturated heterocycles. The van der Waals surface area contributed by atoms with Crippen LogP contribution >= 0.6 is 11.3 Å². The van der Waals surface area contributed by atoms with Crippen LogP contribution in [0, 0.1) is 5.82 Å². The van der Waals surface area contributed by atoms with Crippen molar-refractivity contribution < 1.29 is 9.18 Å². The van der Waals surface area contributed by atoms with Crippen molar-refractivity contribution in [3.8, 4) is 0 Å². The molecule has 106 valence electrons. The van der Waals surface area contributed by atoms with E-state index in [1.54, 1.807) is 22.4 Å². The number of hydrogen-bond acceptors (Lipinski definition) is 4. The number of halogens is 1. The molecule has 1 amide bonds. The summed E-state index contributed by atoms with van der Waals surface area (Å²) >= 11 is 1.32. The summed E-state index contributed by atoms with van der Waals surface area (Å²) in [4.78, 5) is 17.9. The van der Waals surface area contributed by atoms with Gasteiger partial charge in [0, 0.05) is 18.5 Å². The van der Waals surface area contributed by atoms with E-state index in [4.69, 9.17) is 5.73 Å². The molecule has 0 atom stereocenters. The second kappa shape index (κ2) is 6.47. The minimum Gasteiger partial charge on any atom is -0.375 e. The Kier molecular flexibility index (Phi) is 4.68. The third-order valence-corrected chi connectivity index (χ3v) is 3.62. The van der Waals surface area contributed by atoms with Gasteiger partial charge in [0.05, 0.1) is 12.1 Å². The highest BCUT2D eigenvalue weighted by Crippen LogP contribution is 2.13. The van der Waals surface area contributed by atoms with Crippen molar-refractivity contribution in [1.82, 2.24) is 9.88 Å². The van der Waals surface area contributed by atoms with Gasteiger partial charge < -0.3 is 10.6 Å². The molecule has 4 nitrogen and oxygen atoms in total. The number of hydrogen-bond donors (Lipinski definition) is 1. The predicted octanol–water partition coefficient (Wildman–Crippen LogP) is 2.46. The molecule has 0 aliphatic carbocycles. The second-order valence-electron chi connectivity index (χ2n) is 4.39. The summed E-state index contributed by atoms with van der Waals surface area (Å²) in [6.45, 7) is 2.86. The highest BCUT2D eigenvalue weighted by atomic mass is 32.1. The van der Waals surface area contributed by atoms with Crippen LogP contribution in [0.3, 0.4) is 0 Å². The summed E-state index contributed by atoms with van der Waals surface area (Å²) < 4.78 is 13.1. The van der Waals surface area contributed by atoms with Crippen LogP contribution in [0.25, 0.3) is 0 Å². The Bertz CT molecular complexity index is 600. The highest BCUT2D eigenvalue weighted by molar-refractivity contribution is 7.13. The summed E-state index contributed by atoms with van der Waals surface area (Å²) in [5.41, 5.74) is 7.00. The van der Waals surface area contributed by atoms with Gasteiger partial charge >= 0.3 is 0 Å². The zero-order chi connectivity index (χ0) is 14.5. The molecule has 2 rings (SSSR count). The van der Waals surface area contributed by atoms with Crippen LogP contribution in [0.4, 0.5) is 9.52 Å². The van der Waals surface area contributed by atoms with Crippen LogP contribution in [0.15, 0.2) is 29.6 Å². The van der Waals surface area contributed by atoms with Crippen molar-refractivity contribution in [3.63, 3.8) is 0 Å². The number of anilines is 1. The zero-order valence-electron chi connectivity index (χ0n) is 11.2. The van der Waals surface area contributed by atoms with E-state index in [0.717, 1.165) is 5.56 Å². The maximum Gasteiger partial charge on any atom is 0.228 e. The summed E-state index contributed by atoms with van der Waals surface area (Å²) in [5, 5.41) is 2.24. The van der Waals surface area contributed by atoms with E-state index in [1.807, 2.05) is 6.92 Å². The highest BCUT2D eigenvalue weighted by Gasteiger charge is 2.14. The van der Waals surface area contributed by atoms with E-state index in [-0.39, 0.29) is 18.1 Å². The Morgan fingerprint density at radius 2 is 2.30 bits per heavy atom. The Morgan fingerprint density at radius 1 is 1.50 bits per heavy atom. The number of thiazole rings is 1. The Morgan fingerprint density at radius 3 is 2.90 bits per heavy atom. The van der Waals surface area contributed by atoms with Gasteiger partial charge in [0.1, 0.15) is 5.82 Å². The largest absolute Gasteiger partial charge is 0.375 e. The lowest BCUT2D eigenvalue weighted by Crippen LogP contribution is -2.31. The molecule has 0 bridgehead atoms. The molecule has 1 heterocycles. The van der Waals surface area contributed by atoms with Gasteiger partial charge in [-0.15, -0.1) is 11.3 Å². The number of nitrogen functional groups attached to an aromatic ring is 1. The number of likely N-dealkylation sites (N-methyl/N-ethyl adjacent to an activating group) is 1. The van der Waals surface area contributed by atoms with Gasteiger partial charge in [-0.05, 0) is 24.6 Å². The topological polar surface area (TPSA) is 59.2 Å². The van der Waals surface area contributed by atoms with Crippen LogP contribution in [0.2, 0.25) is 0 Å². The van der Waals surface area contributed by atoms with E-state index in [0.29, 0.717) is 23.9 Å². The van der Waals surface area contributed by atoms with E-state index in [2.05, 4.69) is 4.98 Å². The fourth-order valence-electron chi connectivity index (χ4n) is 1.90. The fourth-order valence-corrected chi connectivity index (χ4v) is 2.47. The van der Waals surface area contributed by atoms with Crippen LogP contribution in [0.5, 0.6) is 0 Å². The van der Waals surface area contributed by atoms with Crippen molar-refractivity contribution in [3.05, 3.63) is 46.7 Å². The third-order valence-electron chi connectivity index (χ3n) is 2.90. The van der Waals surface area contributed by atoms with E-state index in [9.17, 15) is 9.18 Å². The summed E-state index contributed by atoms with van der Waals surface area (Å²) in [7, 11) is 0. The Hall–Kier alpha value is -1.95. The van der Waals surface area contributed by atoms with E-state index in [1.165, 1.54) is 23.5 Å². The quantitative estimate of drug-likeness (QED) is 0.921. The molecule has 2 aromatic rings. The van der Waals surface area contributed by atoms with Crippen LogP contribution in [-0.2, 0) is 17.8 Å². The lowest BCUT2D eigenvalue weighted by molar-refractivity contribution is -0.130. The van der Waals surface area contributed by atoms with Crippen molar-refractivity contribution in [2.75, 3.05) is 12.3 Å². The minimum absolute atomic E-state index is 0.0398. The van der Waals surface area contributed by atoms with Gasteiger partial charge in [0.2, 0.25) is 5.91 Å². The number of benzene rings is 1. The molecular formula is C14H16FN3OS. The number of amides is 1. The smallest absolute Gasteiger partial charge is 0.228 e. The third kappa shape index (κ3) is 3.77. The number of rotatable bonds is 5. The Balaban J connectivity index is 2.02. The van der Waals surface area contributed by atoms with Crippen molar-refractivity contribution in [2.24, 2.45) is 0 Å². The SMILES string of the molecule is CCN(Cc1cccc(F)c1)C(=O)Cc1csc(N)n1. The summed E-state index contributed by atoms with van der Waals surface area (Å²) in [6, 6.07) is 6.28. The van der Waals surface area contributed by atoms with E-state index >= 15 is 0 Å². The summed E-state index contributed by atoms with van der Waals surface area (Å²) in [6.07, 6.45) is 0.219. The molecule has 0 spiro atoms. The first kappa shape index (κ1) is 14.5. The molecule has 1 aromatic heterocycles. The average Bonchev–Trinajstić information content (AvgIpc) is 2.81. The molecule has 0 fully saturated rings. The first-order chi connectivity index (χ1) is 9.58. The normalized spacial score (nSPS) is 10.5. The van der Waals surface area contributed by atoms with Gasteiger partial charge in [-0.3, -0.25) is 4.79 Å². The molecule has 0 aliphatic heterocycles. The van der Waals surface area contributed by atoms with Gasteiger partial charge in [0.25, 0.3) is 0 Å². The number of carbonyl (C=O) groups excluding carboxylic acids is 1. The molecule has 1 aromatic carbocycles. The van der Waals surface area contributed by atoms with Crippen molar-refractivity contribution in [1.29, 1.82) is 0 Å². The van der Waals surface area contributed by atoms with Crippen molar-refractivity contribution >= 4 is 22.4 Å². The number of aromatic nitrogens is 1. The number of nitrogens with two attached hydrogens (primary N) is 1. The van der Waals surface area contributed by atoms with Gasteiger partial charge in [-0.2, -0.15) is 0 Å². The lowest BCUT2D eigenvalue weighted by atomic mass is 10.2. The number of nitrogens with zero attached hydrogens (tertiary/aromatic N) is 2. The molecular weight excluding hydrogens is 277 g/mol. The van der Waals surface area contributed by atoms with Gasteiger partial charge in [-0.25, -0.2) is 9.37 Å². The van der Waals surface area contributed by atoms with Gasteiger partial charge in [-0.1, -0.05) is 12.1 Å². The van der Waals surface area contributed by atoms with E-state index < -0.39 is 0 Å². The second-order valence-corrected chi connectivity index (χ2v) is 5.28. The lowest BCUT2D eigenvalue weighted by Gasteiger charge is -2.20. The average molecular weight is 293 g/mol. The molecule has 0 unspecified atom stereocenters. The maximum absolute atomic E-state index is 13.1. The van der Waals surface area contributed by atoms with Crippen molar-refractivity contribution in [2.45, 2.75) is 19.9 Å². The standard InChI is InChI=1S/C14H16FN3OS/c1-2-18(8-10-4-3-5-11(15)6-10)13(19)7-12-9-20-14(16)17-12/h3-6,9H,2,7-8H2,1H3,(H2,16,17). The maximum atomic E-state index is 13.1. The molecule has 0 aliphatic rings. The molecule has 0 saturated carbocycles. The fraction of sp³-hybridized carbons (Fsp3) is 0.286. The zero-order valence-corrected chi connectivity index (χ0v) is 12.0. The molecule has 2 N–H and O–H groups in total. The van der Waals surface area contributed by atoms with Gasteiger partial charge in [0.15, 0.2) is 5.13 Å². The minimum atomic E-state index is -0.293. The molecule has 6 heteroatoms. The predicted molar refractivity (Wildman–Crippen MR) is 77.7 cm³/mol. The monoisotopic (exact) mass is 293 g/mol. The molecule has 0 radical (unpaired) electrons. The first-order valence-corrected chi connectivity index (χ1v) is 7.18.